The van der Waals surface area contributed by atoms with E-state index in [-0.39, 0.29) is 0 Å². The van der Waals surface area contributed by atoms with Gasteiger partial charge in [0.2, 0.25) is 0 Å². The molecule has 3 nitrogen and oxygen atoms in total. The first-order chi connectivity index (χ1) is 10.3. The molecule has 0 aliphatic carbocycles. The summed E-state index contributed by atoms with van der Waals surface area (Å²) in [4.78, 5) is 12.5. The first kappa shape index (κ1) is 14.1. The molecule has 0 aliphatic rings. The highest BCUT2D eigenvalue weighted by molar-refractivity contribution is 7.99. The Kier molecular flexibility index (Phi) is 4.22. The molecule has 106 valence electrons. The van der Waals surface area contributed by atoms with Gasteiger partial charge in [-0.1, -0.05) is 34.6 Å². The Morgan fingerprint density at radius 1 is 1.24 bits per heavy atom. The number of hydrogen-bond donors (Lipinski definition) is 0. The SMILES string of the molecule is CON=Cc1cc2c(Sc3ccc(C)cc3)cncc2s1. The second kappa shape index (κ2) is 6.28. The van der Waals surface area contributed by atoms with E-state index in [9.17, 15) is 0 Å². The molecule has 3 aromatic rings. The molecular formula is C16H14N2OS2. The first-order valence-corrected chi connectivity index (χ1v) is 8.08. The van der Waals surface area contributed by atoms with Crippen molar-refractivity contribution in [2.75, 3.05) is 7.11 Å². The molecule has 0 spiro atoms. The molecule has 0 amide bonds. The maximum atomic E-state index is 4.73. The Bertz CT molecular complexity index is 779. The largest absolute Gasteiger partial charge is 0.399 e. The minimum absolute atomic E-state index is 1.06. The lowest BCUT2D eigenvalue weighted by Crippen LogP contribution is -1.78. The van der Waals surface area contributed by atoms with Gasteiger partial charge in [-0.3, -0.25) is 4.98 Å². The molecule has 1 aromatic carbocycles. The molecule has 2 aromatic heterocycles. The molecule has 0 fully saturated rings. The number of aromatic nitrogens is 1. The highest BCUT2D eigenvalue weighted by Gasteiger charge is 2.07. The van der Waals surface area contributed by atoms with Crippen LogP contribution in [0.1, 0.15) is 10.4 Å². The van der Waals surface area contributed by atoms with Crippen molar-refractivity contribution in [3.8, 4) is 0 Å². The Balaban J connectivity index is 1.96. The predicted molar refractivity (Wildman–Crippen MR) is 89.5 cm³/mol. The van der Waals surface area contributed by atoms with Crippen molar-refractivity contribution in [3.05, 3.63) is 53.2 Å². The molecule has 0 saturated heterocycles. The molecule has 2 heterocycles. The number of pyridine rings is 1. The second-order valence-electron chi connectivity index (χ2n) is 4.53. The summed E-state index contributed by atoms with van der Waals surface area (Å²) in [5.74, 6) is 0. The van der Waals surface area contributed by atoms with Gasteiger partial charge >= 0.3 is 0 Å². The number of nitrogens with zero attached hydrogens (tertiary/aromatic N) is 2. The van der Waals surface area contributed by atoms with Crippen LogP contribution in [0.3, 0.4) is 0 Å². The number of oxime groups is 1. The van der Waals surface area contributed by atoms with Crippen molar-refractivity contribution < 1.29 is 4.84 Å². The molecule has 0 atom stereocenters. The van der Waals surface area contributed by atoms with E-state index in [4.69, 9.17) is 4.84 Å². The van der Waals surface area contributed by atoms with Crippen molar-refractivity contribution in [1.82, 2.24) is 4.98 Å². The highest BCUT2D eigenvalue weighted by Crippen LogP contribution is 2.36. The van der Waals surface area contributed by atoms with Gasteiger partial charge in [0.15, 0.2) is 0 Å². The van der Waals surface area contributed by atoms with Crippen LogP contribution in [0.5, 0.6) is 0 Å². The summed E-state index contributed by atoms with van der Waals surface area (Å²) in [6.45, 7) is 2.09. The van der Waals surface area contributed by atoms with E-state index in [0.717, 1.165) is 14.5 Å². The molecular weight excluding hydrogens is 300 g/mol. The summed E-state index contributed by atoms with van der Waals surface area (Å²) in [6, 6.07) is 10.7. The van der Waals surface area contributed by atoms with Gasteiger partial charge in [0.1, 0.15) is 7.11 Å². The van der Waals surface area contributed by atoms with Crippen LogP contribution in [0, 0.1) is 6.92 Å². The van der Waals surface area contributed by atoms with Crippen LogP contribution in [-0.4, -0.2) is 18.3 Å². The standard InChI is InChI=1S/C16H14N2OS2/c1-11-3-5-12(6-4-11)20-15-9-17-10-16-14(15)7-13(21-16)8-18-19-2/h3-10H,1-2H3. The van der Waals surface area contributed by atoms with Crippen LogP contribution < -0.4 is 0 Å². The number of aryl methyl sites for hydroxylation is 1. The molecule has 0 saturated carbocycles. The minimum Gasteiger partial charge on any atom is -0.399 e. The molecule has 0 bridgehead atoms. The zero-order chi connectivity index (χ0) is 14.7. The van der Waals surface area contributed by atoms with Gasteiger partial charge in [-0.25, -0.2) is 0 Å². The van der Waals surface area contributed by atoms with E-state index in [0.29, 0.717) is 0 Å². The summed E-state index contributed by atoms with van der Waals surface area (Å²) in [6.07, 6.45) is 5.53. The Labute approximate surface area is 131 Å². The Morgan fingerprint density at radius 2 is 2.05 bits per heavy atom. The number of thiophene rings is 1. The quantitative estimate of drug-likeness (QED) is 0.515. The van der Waals surface area contributed by atoms with Crippen molar-refractivity contribution in [1.29, 1.82) is 0 Å². The number of benzene rings is 1. The third-order valence-corrected chi connectivity index (χ3v) is 5.02. The summed E-state index contributed by atoms with van der Waals surface area (Å²) in [5.41, 5.74) is 1.27. The summed E-state index contributed by atoms with van der Waals surface area (Å²) in [7, 11) is 1.55. The van der Waals surface area contributed by atoms with Crippen LogP contribution in [0.4, 0.5) is 0 Å². The predicted octanol–water partition coefficient (Wildman–Crippen LogP) is 4.74. The van der Waals surface area contributed by atoms with Gasteiger partial charge in [0.05, 0.1) is 15.8 Å². The van der Waals surface area contributed by atoms with Gasteiger partial charge < -0.3 is 4.84 Å². The lowest BCUT2D eigenvalue weighted by molar-refractivity contribution is 0.215. The maximum absolute atomic E-state index is 4.73. The van der Waals surface area contributed by atoms with Crippen molar-refractivity contribution in [2.45, 2.75) is 16.7 Å². The number of hydrogen-bond acceptors (Lipinski definition) is 5. The number of fused-ring (bicyclic) bond motifs is 1. The van der Waals surface area contributed by atoms with E-state index in [1.807, 2.05) is 12.4 Å². The third kappa shape index (κ3) is 3.25. The average molecular weight is 314 g/mol. The summed E-state index contributed by atoms with van der Waals surface area (Å²) >= 11 is 3.39. The first-order valence-electron chi connectivity index (χ1n) is 6.45. The normalized spacial score (nSPS) is 11.3. The van der Waals surface area contributed by atoms with E-state index < -0.39 is 0 Å². The zero-order valence-corrected chi connectivity index (χ0v) is 13.4. The molecule has 5 heteroatoms. The molecule has 21 heavy (non-hydrogen) atoms. The fourth-order valence-electron chi connectivity index (χ4n) is 1.94. The molecule has 0 unspecified atom stereocenters. The fraction of sp³-hybridized carbons (Fsp3) is 0.125. The Hall–Kier alpha value is -1.85. The fourth-order valence-corrected chi connectivity index (χ4v) is 3.84. The minimum atomic E-state index is 1.06. The van der Waals surface area contributed by atoms with Crippen molar-refractivity contribution >= 4 is 39.4 Å². The molecule has 0 N–H and O–H groups in total. The van der Waals surface area contributed by atoms with E-state index in [1.165, 1.54) is 15.8 Å². The lowest BCUT2D eigenvalue weighted by Gasteiger charge is -2.03. The zero-order valence-electron chi connectivity index (χ0n) is 11.7. The lowest BCUT2D eigenvalue weighted by atomic mass is 10.2. The van der Waals surface area contributed by atoms with Gasteiger partial charge in [-0.05, 0) is 25.1 Å². The van der Waals surface area contributed by atoms with Gasteiger partial charge in [0, 0.05) is 27.6 Å². The van der Waals surface area contributed by atoms with Crippen LogP contribution >= 0.6 is 23.1 Å². The van der Waals surface area contributed by atoms with Crippen molar-refractivity contribution in [2.24, 2.45) is 5.16 Å². The van der Waals surface area contributed by atoms with Gasteiger partial charge in [0.25, 0.3) is 0 Å². The van der Waals surface area contributed by atoms with Gasteiger partial charge in [-0.15, -0.1) is 11.3 Å². The summed E-state index contributed by atoms with van der Waals surface area (Å²) < 4.78 is 1.16. The van der Waals surface area contributed by atoms with Crippen LogP contribution in [-0.2, 0) is 4.84 Å². The molecule has 0 radical (unpaired) electrons. The van der Waals surface area contributed by atoms with Crippen molar-refractivity contribution in [3.63, 3.8) is 0 Å². The van der Waals surface area contributed by atoms with Crippen LogP contribution in [0.15, 0.2) is 57.7 Å². The van der Waals surface area contributed by atoms with E-state index in [2.05, 4.69) is 47.4 Å². The van der Waals surface area contributed by atoms with Crippen LogP contribution in [0.25, 0.3) is 10.1 Å². The monoisotopic (exact) mass is 314 g/mol. The molecule has 0 aliphatic heterocycles. The second-order valence-corrected chi connectivity index (χ2v) is 6.76. The van der Waals surface area contributed by atoms with Gasteiger partial charge in [-0.2, -0.15) is 0 Å². The maximum Gasteiger partial charge on any atom is 0.106 e. The smallest absolute Gasteiger partial charge is 0.106 e. The van der Waals surface area contributed by atoms with Crippen LogP contribution in [0.2, 0.25) is 0 Å². The number of rotatable bonds is 4. The highest BCUT2D eigenvalue weighted by atomic mass is 32.2. The Morgan fingerprint density at radius 3 is 2.81 bits per heavy atom. The molecule has 3 rings (SSSR count). The van der Waals surface area contributed by atoms with E-state index in [1.54, 1.807) is 36.4 Å². The topological polar surface area (TPSA) is 34.5 Å². The summed E-state index contributed by atoms with van der Waals surface area (Å²) in [5, 5.41) is 5.03. The van der Waals surface area contributed by atoms with E-state index >= 15 is 0 Å². The third-order valence-electron chi connectivity index (χ3n) is 2.96. The average Bonchev–Trinajstić information content (AvgIpc) is 2.91.